The number of hydrogen-bond donors (Lipinski definition) is 1. The highest BCUT2D eigenvalue weighted by molar-refractivity contribution is 5.55. The molecule has 1 aromatic rings. The van der Waals surface area contributed by atoms with E-state index in [0.717, 1.165) is 25.1 Å². The van der Waals surface area contributed by atoms with E-state index in [4.69, 9.17) is 11.7 Å². The molecule has 0 atom stereocenters. The van der Waals surface area contributed by atoms with Crippen LogP contribution >= 0.6 is 0 Å². The third-order valence-corrected chi connectivity index (χ3v) is 1.75. The molecule has 14 heavy (non-hydrogen) atoms. The second kappa shape index (κ2) is 5.61. The maximum atomic E-state index is 8.77. The standard InChI is InChI=1S/C11H11N3/c1-2-3-4-6-14-11-9-13-7-5-10(11)8-12/h1,5,7,9,14H,3-4,6H2. The van der Waals surface area contributed by atoms with Gasteiger partial charge >= 0.3 is 0 Å². The molecule has 0 saturated heterocycles. The molecule has 0 saturated carbocycles. The average Bonchev–Trinajstić information content (AvgIpc) is 2.25. The SMILES string of the molecule is C#CCCCNc1cnccc1C#N. The van der Waals surface area contributed by atoms with E-state index in [1.165, 1.54) is 0 Å². The lowest BCUT2D eigenvalue weighted by atomic mass is 10.2. The van der Waals surface area contributed by atoms with Crippen LogP contribution in [-0.2, 0) is 0 Å². The summed E-state index contributed by atoms with van der Waals surface area (Å²) in [5.74, 6) is 2.56. The molecule has 3 nitrogen and oxygen atoms in total. The van der Waals surface area contributed by atoms with E-state index >= 15 is 0 Å². The molecule has 0 unspecified atom stereocenters. The van der Waals surface area contributed by atoms with Gasteiger partial charge in [-0.3, -0.25) is 4.98 Å². The third-order valence-electron chi connectivity index (χ3n) is 1.75. The lowest BCUT2D eigenvalue weighted by Crippen LogP contribution is -2.03. The van der Waals surface area contributed by atoms with Crippen molar-refractivity contribution >= 4 is 5.69 Å². The van der Waals surface area contributed by atoms with E-state index in [2.05, 4.69) is 22.3 Å². The first-order valence-corrected chi connectivity index (χ1v) is 4.40. The number of unbranched alkanes of at least 4 members (excludes halogenated alkanes) is 1. The molecule has 0 radical (unpaired) electrons. The van der Waals surface area contributed by atoms with Gasteiger partial charge in [0.2, 0.25) is 0 Å². The topological polar surface area (TPSA) is 48.7 Å². The van der Waals surface area contributed by atoms with Crippen LogP contribution in [0.5, 0.6) is 0 Å². The highest BCUT2D eigenvalue weighted by Crippen LogP contribution is 2.11. The van der Waals surface area contributed by atoms with Crippen LogP contribution in [0, 0.1) is 23.7 Å². The molecule has 0 aliphatic heterocycles. The Balaban J connectivity index is 2.51. The Morgan fingerprint density at radius 3 is 3.14 bits per heavy atom. The summed E-state index contributed by atoms with van der Waals surface area (Å²) < 4.78 is 0. The van der Waals surface area contributed by atoms with Crippen molar-refractivity contribution in [2.45, 2.75) is 12.8 Å². The molecule has 0 bridgehead atoms. The number of hydrogen-bond acceptors (Lipinski definition) is 3. The van der Waals surface area contributed by atoms with Gasteiger partial charge in [-0.25, -0.2) is 0 Å². The molecule has 1 rings (SSSR count). The van der Waals surface area contributed by atoms with Crippen LogP contribution in [0.1, 0.15) is 18.4 Å². The van der Waals surface area contributed by atoms with Crippen LogP contribution in [0.3, 0.4) is 0 Å². The minimum absolute atomic E-state index is 0.612. The summed E-state index contributed by atoms with van der Waals surface area (Å²) in [5.41, 5.74) is 1.38. The minimum atomic E-state index is 0.612. The molecular formula is C11H11N3. The largest absolute Gasteiger partial charge is 0.383 e. The van der Waals surface area contributed by atoms with Gasteiger partial charge in [0, 0.05) is 19.2 Å². The number of nitriles is 1. The van der Waals surface area contributed by atoms with Gasteiger partial charge in [-0.05, 0) is 12.5 Å². The summed E-state index contributed by atoms with van der Waals surface area (Å²) in [6.07, 6.45) is 10.0. The lowest BCUT2D eigenvalue weighted by molar-refractivity contribution is 0.905. The Labute approximate surface area is 83.8 Å². The van der Waals surface area contributed by atoms with E-state index in [0.29, 0.717) is 5.56 Å². The summed E-state index contributed by atoms with van der Waals surface area (Å²) >= 11 is 0. The van der Waals surface area contributed by atoms with Crippen molar-refractivity contribution in [3.63, 3.8) is 0 Å². The van der Waals surface area contributed by atoms with E-state index in [1.54, 1.807) is 18.5 Å². The fraction of sp³-hybridized carbons (Fsp3) is 0.273. The summed E-state index contributed by atoms with van der Waals surface area (Å²) in [6, 6.07) is 3.78. The number of terminal acetylenes is 1. The van der Waals surface area contributed by atoms with Crippen LogP contribution in [-0.4, -0.2) is 11.5 Å². The van der Waals surface area contributed by atoms with E-state index < -0.39 is 0 Å². The predicted molar refractivity (Wildman–Crippen MR) is 55.5 cm³/mol. The second-order valence-electron chi connectivity index (χ2n) is 2.77. The molecule has 3 heteroatoms. The zero-order valence-electron chi connectivity index (χ0n) is 7.83. The van der Waals surface area contributed by atoms with Crippen LogP contribution in [0.4, 0.5) is 5.69 Å². The summed E-state index contributed by atoms with van der Waals surface area (Å²) in [4.78, 5) is 3.94. The third kappa shape index (κ3) is 2.80. The van der Waals surface area contributed by atoms with Crippen LogP contribution in [0.15, 0.2) is 18.5 Å². The number of anilines is 1. The Bertz CT molecular complexity index is 371. The molecule has 1 N–H and O–H groups in total. The van der Waals surface area contributed by atoms with Gasteiger partial charge in [0.05, 0.1) is 17.4 Å². The highest BCUT2D eigenvalue weighted by atomic mass is 14.9. The van der Waals surface area contributed by atoms with Crippen molar-refractivity contribution in [2.24, 2.45) is 0 Å². The highest BCUT2D eigenvalue weighted by Gasteiger charge is 1.98. The first-order valence-electron chi connectivity index (χ1n) is 4.40. The Morgan fingerprint density at radius 2 is 2.43 bits per heavy atom. The average molecular weight is 185 g/mol. The quantitative estimate of drug-likeness (QED) is 0.574. The van der Waals surface area contributed by atoms with Crippen LogP contribution in [0.25, 0.3) is 0 Å². The van der Waals surface area contributed by atoms with Gasteiger partial charge in [0.25, 0.3) is 0 Å². The molecule has 1 aromatic heterocycles. The first kappa shape index (κ1) is 10.1. The second-order valence-corrected chi connectivity index (χ2v) is 2.77. The van der Waals surface area contributed by atoms with Crippen molar-refractivity contribution in [1.82, 2.24) is 4.98 Å². The lowest BCUT2D eigenvalue weighted by Gasteiger charge is -2.05. The van der Waals surface area contributed by atoms with Crippen LogP contribution < -0.4 is 5.32 Å². The molecule has 0 aromatic carbocycles. The maximum Gasteiger partial charge on any atom is 0.101 e. The van der Waals surface area contributed by atoms with E-state index in [1.807, 2.05) is 0 Å². The number of nitrogens with zero attached hydrogens (tertiary/aromatic N) is 2. The van der Waals surface area contributed by atoms with Gasteiger partial charge in [-0.1, -0.05) is 0 Å². The van der Waals surface area contributed by atoms with Gasteiger partial charge in [-0.15, -0.1) is 12.3 Å². The fourth-order valence-electron chi connectivity index (χ4n) is 1.05. The van der Waals surface area contributed by atoms with Crippen molar-refractivity contribution in [3.05, 3.63) is 24.0 Å². The smallest absolute Gasteiger partial charge is 0.101 e. The van der Waals surface area contributed by atoms with Gasteiger partial charge in [0.1, 0.15) is 6.07 Å². The molecule has 0 aliphatic rings. The fourth-order valence-corrected chi connectivity index (χ4v) is 1.05. The summed E-state index contributed by atoms with van der Waals surface area (Å²) in [5, 5.41) is 11.9. The van der Waals surface area contributed by atoms with Crippen molar-refractivity contribution < 1.29 is 0 Å². The zero-order chi connectivity index (χ0) is 10.2. The number of nitrogens with one attached hydrogen (secondary N) is 1. The molecule has 1 heterocycles. The van der Waals surface area contributed by atoms with Gasteiger partial charge in [0.15, 0.2) is 0 Å². The molecule has 0 amide bonds. The monoisotopic (exact) mass is 185 g/mol. The Hall–Kier alpha value is -2.00. The normalized spacial score (nSPS) is 8.71. The Morgan fingerprint density at radius 1 is 1.57 bits per heavy atom. The number of pyridine rings is 1. The molecular weight excluding hydrogens is 174 g/mol. The van der Waals surface area contributed by atoms with Crippen molar-refractivity contribution in [2.75, 3.05) is 11.9 Å². The summed E-state index contributed by atoms with van der Waals surface area (Å²) in [6.45, 7) is 0.768. The number of rotatable bonds is 4. The zero-order valence-corrected chi connectivity index (χ0v) is 7.83. The van der Waals surface area contributed by atoms with E-state index in [-0.39, 0.29) is 0 Å². The first-order chi connectivity index (χ1) is 6.88. The maximum absolute atomic E-state index is 8.77. The minimum Gasteiger partial charge on any atom is -0.383 e. The molecule has 0 aliphatic carbocycles. The van der Waals surface area contributed by atoms with Crippen molar-refractivity contribution in [3.8, 4) is 18.4 Å². The summed E-state index contributed by atoms with van der Waals surface area (Å²) in [7, 11) is 0. The molecule has 0 spiro atoms. The Kier molecular flexibility index (Phi) is 4.04. The predicted octanol–water partition coefficient (Wildman–Crippen LogP) is 1.78. The number of aromatic nitrogens is 1. The molecule has 0 fully saturated rings. The molecule has 70 valence electrons. The van der Waals surface area contributed by atoms with Gasteiger partial charge in [-0.2, -0.15) is 5.26 Å². The van der Waals surface area contributed by atoms with Crippen molar-refractivity contribution in [1.29, 1.82) is 5.26 Å². The van der Waals surface area contributed by atoms with E-state index in [9.17, 15) is 0 Å². The van der Waals surface area contributed by atoms with Crippen LogP contribution in [0.2, 0.25) is 0 Å². The van der Waals surface area contributed by atoms with Gasteiger partial charge < -0.3 is 5.32 Å².